The van der Waals surface area contributed by atoms with Crippen LogP contribution in [0.3, 0.4) is 0 Å². The summed E-state index contributed by atoms with van der Waals surface area (Å²) in [6.45, 7) is 3.74. The molecule has 0 fully saturated rings. The van der Waals surface area contributed by atoms with Gasteiger partial charge in [0.25, 0.3) is 11.8 Å². The number of carbonyl (C=O) groups excluding carboxylic acids is 2. The summed E-state index contributed by atoms with van der Waals surface area (Å²) < 4.78 is 0.873. The van der Waals surface area contributed by atoms with E-state index in [1.54, 1.807) is 48.5 Å². The molecule has 0 aliphatic rings. The molecule has 152 valence electrons. The van der Waals surface area contributed by atoms with E-state index in [2.05, 4.69) is 26.6 Å². The van der Waals surface area contributed by atoms with E-state index < -0.39 is 23.8 Å². The maximum atomic E-state index is 12.8. The second-order valence-electron chi connectivity index (χ2n) is 6.58. The molecule has 3 N–H and O–H groups in total. The van der Waals surface area contributed by atoms with E-state index in [0.29, 0.717) is 24.0 Å². The van der Waals surface area contributed by atoms with Gasteiger partial charge in [-0.1, -0.05) is 59.1 Å². The third-order valence-electron chi connectivity index (χ3n) is 4.17. The number of benzene rings is 2. The Morgan fingerprint density at radius 2 is 1.69 bits per heavy atom. The molecule has 0 aliphatic heterocycles. The summed E-state index contributed by atoms with van der Waals surface area (Å²) in [5.74, 6) is -2.23. The molecule has 1 atom stereocenters. The molecule has 0 aromatic heterocycles. The molecule has 1 unspecified atom stereocenters. The predicted octanol–water partition coefficient (Wildman–Crippen LogP) is 3.90. The first-order valence-corrected chi connectivity index (χ1v) is 9.98. The normalized spacial score (nSPS) is 12.2. The third kappa shape index (κ3) is 6.87. The third-order valence-corrected chi connectivity index (χ3v) is 4.70. The van der Waals surface area contributed by atoms with Gasteiger partial charge in [0, 0.05) is 10.0 Å². The average Bonchev–Trinajstić information content (AvgIpc) is 2.69. The van der Waals surface area contributed by atoms with E-state index in [-0.39, 0.29) is 5.70 Å². The Kier molecular flexibility index (Phi) is 8.15. The lowest BCUT2D eigenvalue weighted by atomic mass is 10.1. The van der Waals surface area contributed by atoms with Crippen LogP contribution in [0.25, 0.3) is 6.08 Å². The van der Waals surface area contributed by atoms with Crippen LogP contribution in [0, 0.1) is 6.92 Å². The van der Waals surface area contributed by atoms with Crippen molar-refractivity contribution in [3.05, 3.63) is 75.4 Å². The lowest BCUT2D eigenvalue weighted by Crippen LogP contribution is -2.44. The van der Waals surface area contributed by atoms with Gasteiger partial charge in [-0.2, -0.15) is 0 Å². The maximum Gasteiger partial charge on any atom is 0.326 e. The molecule has 0 bridgehead atoms. The van der Waals surface area contributed by atoms with Gasteiger partial charge in [-0.05, 0) is 49.2 Å². The van der Waals surface area contributed by atoms with Gasteiger partial charge in [0.05, 0.1) is 0 Å². The minimum atomic E-state index is -1.12. The van der Waals surface area contributed by atoms with E-state index in [0.717, 1.165) is 10.0 Å². The lowest BCUT2D eigenvalue weighted by molar-refractivity contribution is -0.141. The van der Waals surface area contributed by atoms with Crippen molar-refractivity contribution in [1.29, 1.82) is 0 Å². The summed E-state index contributed by atoms with van der Waals surface area (Å²) >= 11 is 3.35. The molecule has 2 aromatic carbocycles. The number of amides is 2. The van der Waals surface area contributed by atoms with Crippen molar-refractivity contribution in [2.45, 2.75) is 32.7 Å². The van der Waals surface area contributed by atoms with Gasteiger partial charge in [-0.15, -0.1) is 0 Å². The number of rotatable bonds is 8. The molecule has 2 rings (SSSR count). The Bertz CT molecular complexity index is 905. The highest BCUT2D eigenvalue weighted by molar-refractivity contribution is 9.10. The number of aryl methyl sites for hydroxylation is 1. The standard InChI is InChI=1S/C22H23BrN2O4/c1-3-4-18(22(28)29)24-21(27)19(13-15-7-11-17(23)12-8-15)25-20(26)16-9-5-14(2)6-10-16/h5-13,18H,3-4H2,1-2H3,(H,24,27)(H,25,26)(H,28,29). The molecule has 2 amide bonds. The monoisotopic (exact) mass is 458 g/mol. The van der Waals surface area contributed by atoms with Crippen LogP contribution in [-0.2, 0) is 9.59 Å². The van der Waals surface area contributed by atoms with E-state index >= 15 is 0 Å². The number of hydrogen-bond acceptors (Lipinski definition) is 3. The average molecular weight is 459 g/mol. The Morgan fingerprint density at radius 3 is 2.24 bits per heavy atom. The Balaban J connectivity index is 2.30. The van der Waals surface area contributed by atoms with Gasteiger partial charge < -0.3 is 15.7 Å². The molecule has 0 radical (unpaired) electrons. The quantitative estimate of drug-likeness (QED) is 0.522. The fourth-order valence-electron chi connectivity index (χ4n) is 2.57. The predicted molar refractivity (Wildman–Crippen MR) is 115 cm³/mol. The number of nitrogens with one attached hydrogen (secondary N) is 2. The molecular weight excluding hydrogens is 436 g/mol. The summed E-state index contributed by atoms with van der Waals surface area (Å²) in [6, 6.07) is 13.1. The number of halogens is 1. The van der Waals surface area contributed by atoms with Gasteiger partial charge in [-0.3, -0.25) is 9.59 Å². The number of carboxylic acid groups (broad SMARTS) is 1. The van der Waals surface area contributed by atoms with Gasteiger partial charge >= 0.3 is 5.97 Å². The second-order valence-corrected chi connectivity index (χ2v) is 7.50. The highest BCUT2D eigenvalue weighted by Crippen LogP contribution is 2.14. The number of carboxylic acids is 1. The van der Waals surface area contributed by atoms with Crippen molar-refractivity contribution in [2.75, 3.05) is 0 Å². The van der Waals surface area contributed by atoms with Gasteiger partial charge in [0.1, 0.15) is 11.7 Å². The first-order valence-electron chi connectivity index (χ1n) is 9.19. The summed E-state index contributed by atoms with van der Waals surface area (Å²) in [7, 11) is 0. The van der Waals surface area contributed by atoms with Crippen molar-refractivity contribution < 1.29 is 19.5 Å². The highest BCUT2D eigenvalue weighted by Gasteiger charge is 2.22. The summed E-state index contributed by atoms with van der Waals surface area (Å²) in [5, 5.41) is 14.4. The largest absolute Gasteiger partial charge is 0.480 e. The molecule has 29 heavy (non-hydrogen) atoms. The number of carbonyl (C=O) groups is 3. The molecule has 0 saturated heterocycles. The van der Waals surface area contributed by atoms with Gasteiger partial charge in [-0.25, -0.2) is 4.79 Å². The van der Waals surface area contributed by atoms with E-state index in [9.17, 15) is 19.5 Å². The zero-order valence-corrected chi connectivity index (χ0v) is 17.8. The van der Waals surface area contributed by atoms with Crippen molar-refractivity contribution in [2.24, 2.45) is 0 Å². The van der Waals surface area contributed by atoms with Crippen molar-refractivity contribution in [3.8, 4) is 0 Å². The van der Waals surface area contributed by atoms with Crippen LogP contribution in [-0.4, -0.2) is 28.9 Å². The molecule has 2 aromatic rings. The highest BCUT2D eigenvalue weighted by atomic mass is 79.9. The molecule has 6 nitrogen and oxygen atoms in total. The fraction of sp³-hybridized carbons (Fsp3) is 0.227. The summed E-state index contributed by atoms with van der Waals surface area (Å²) in [5.41, 5.74) is 2.06. The van der Waals surface area contributed by atoms with Crippen molar-refractivity contribution >= 4 is 39.8 Å². The van der Waals surface area contributed by atoms with Crippen LogP contribution in [0.2, 0.25) is 0 Å². The maximum absolute atomic E-state index is 12.8. The fourth-order valence-corrected chi connectivity index (χ4v) is 2.83. The molecule has 7 heteroatoms. The summed E-state index contributed by atoms with van der Waals surface area (Å²) in [4.78, 5) is 36.8. The van der Waals surface area contributed by atoms with Gasteiger partial charge in [0.15, 0.2) is 0 Å². The second kappa shape index (κ2) is 10.6. The summed E-state index contributed by atoms with van der Waals surface area (Å²) in [6.07, 6.45) is 2.40. The van der Waals surface area contributed by atoms with Crippen LogP contribution < -0.4 is 10.6 Å². The molecule has 0 aliphatic carbocycles. The van der Waals surface area contributed by atoms with Crippen LogP contribution in [0.5, 0.6) is 0 Å². The smallest absolute Gasteiger partial charge is 0.326 e. The zero-order chi connectivity index (χ0) is 21.4. The topological polar surface area (TPSA) is 95.5 Å². The first kappa shape index (κ1) is 22.4. The van der Waals surface area contributed by atoms with E-state index in [1.165, 1.54) is 6.08 Å². The van der Waals surface area contributed by atoms with E-state index in [4.69, 9.17) is 0 Å². The Hall–Kier alpha value is -2.93. The van der Waals surface area contributed by atoms with Crippen LogP contribution >= 0.6 is 15.9 Å². The molecule has 0 heterocycles. The number of hydrogen-bond donors (Lipinski definition) is 3. The Morgan fingerprint density at radius 1 is 1.07 bits per heavy atom. The van der Waals surface area contributed by atoms with Crippen LogP contribution in [0.1, 0.15) is 41.3 Å². The first-order chi connectivity index (χ1) is 13.8. The van der Waals surface area contributed by atoms with Crippen LogP contribution in [0.15, 0.2) is 58.7 Å². The van der Waals surface area contributed by atoms with Crippen LogP contribution in [0.4, 0.5) is 0 Å². The molecular formula is C22H23BrN2O4. The number of aliphatic carboxylic acids is 1. The van der Waals surface area contributed by atoms with Crippen molar-refractivity contribution in [1.82, 2.24) is 10.6 Å². The lowest BCUT2D eigenvalue weighted by Gasteiger charge is -2.16. The minimum absolute atomic E-state index is 0.0275. The molecule has 0 saturated carbocycles. The zero-order valence-electron chi connectivity index (χ0n) is 16.2. The Labute approximate surface area is 178 Å². The van der Waals surface area contributed by atoms with E-state index in [1.807, 2.05) is 13.8 Å². The molecule has 0 spiro atoms. The van der Waals surface area contributed by atoms with Crippen molar-refractivity contribution in [3.63, 3.8) is 0 Å². The minimum Gasteiger partial charge on any atom is -0.480 e. The SMILES string of the molecule is CCCC(NC(=O)C(=Cc1ccc(Br)cc1)NC(=O)c1ccc(C)cc1)C(=O)O. The van der Waals surface area contributed by atoms with Gasteiger partial charge in [0.2, 0.25) is 0 Å².